The summed E-state index contributed by atoms with van der Waals surface area (Å²) in [5, 5.41) is 8.32. The maximum Gasteiger partial charge on any atom is 0.191 e. The third-order valence-electron chi connectivity index (χ3n) is 5.84. The zero-order chi connectivity index (χ0) is 20.1. The van der Waals surface area contributed by atoms with Gasteiger partial charge in [-0.1, -0.05) is 48.5 Å². The van der Waals surface area contributed by atoms with Crippen molar-refractivity contribution < 1.29 is 0 Å². The minimum Gasteiger partial charge on any atom is -0.357 e. The average molecular weight is 390 g/mol. The fourth-order valence-electron chi connectivity index (χ4n) is 4.20. The Morgan fingerprint density at radius 2 is 1.93 bits per heavy atom. The summed E-state index contributed by atoms with van der Waals surface area (Å²) in [6, 6.07) is 22.3. The van der Waals surface area contributed by atoms with E-state index < -0.39 is 0 Å². The summed E-state index contributed by atoms with van der Waals surface area (Å²) in [6.07, 6.45) is 2.25. The van der Waals surface area contributed by atoms with Crippen molar-refractivity contribution in [1.29, 1.82) is 0 Å². The summed E-state index contributed by atoms with van der Waals surface area (Å²) in [7, 11) is 1.84. The maximum atomic E-state index is 4.43. The third kappa shape index (κ3) is 4.98. The molecule has 0 saturated carbocycles. The number of H-pyrrole nitrogens is 1. The van der Waals surface area contributed by atoms with E-state index in [1.54, 1.807) is 0 Å². The first kappa shape index (κ1) is 19.5. The highest BCUT2D eigenvalue weighted by molar-refractivity contribution is 5.81. The van der Waals surface area contributed by atoms with E-state index in [9.17, 15) is 0 Å². The predicted molar refractivity (Wildman–Crippen MR) is 121 cm³/mol. The Morgan fingerprint density at radius 1 is 1.14 bits per heavy atom. The minimum atomic E-state index is 0.450. The number of aromatic amines is 1. The lowest BCUT2D eigenvalue weighted by atomic mass is 9.97. The topological polar surface area (TPSA) is 55.5 Å². The number of likely N-dealkylation sites (tertiary alicyclic amines) is 1. The molecule has 3 N–H and O–H groups in total. The van der Waals surface area contributed by atoms with E-state index in [0.29, 0.717) is 12.1 Å². The van der Waals surface area contributed by atoms with E-state index in [4.69, 9.17) is 0 Å². The molecule has 0 radical (unpaired) electrons. The fourth-order valence-corrected chi connectivity index (χ4v) is 4.20. The van der Waals surface area contributed by atoms with Crippen molar-refractivity contribution in [2.24, 2.45) is 4.99 Å². The number of para-hydroxylation sites is 1. The van der Waals surface area contributed by atoms with E-state index in [1.807, 2.05) is 7.05 Å². The third-order valence-corrected chi connectivity index (χ3v) is 5.84. The van der Waals surface area contributed by atoms with Gasteiger partial charge in [-0.05, 0) is 42.8 Å². The van der Waals surface area contributed by atoms with Gasteiger partial charge in [0, 0.05) is 43.4 Å². The number of aliphatic imine (C=N–C) groups is 1. The molecule has 152 valence electrons. The van der Waals surface area contributed by atoms with Crippen LogP contribution in [0.25, 0.3) is 10.9 Å². The predicted octanol–water partition coefficient (Wildman–Crippen LogP) is 3.89. The van der Waals surface area contributed by atoms with Crippen molar-refractivity contribution in [2.75, 3.05) is 13.6 Å². The SMILES string of the molecule is CN=C(NCc1cc2ccccc2[nH]1)NC1CCN(Cc2ccccc2)C(C)C1. The van der Waals surface area contributed by atoms with Crippen molar-refractivity contribution >= 4 is 16.9 Å². The summed E-state index contributed by atoms with van der Waals surface area (Å²) >= 11 is 0. The van der Waals surface area contributed by atoms with Gasteiger partial charge in [0.25, 0.3) is 0 Å². The Balaban J connectivity index is 1.28. The number of guanidine groups is 1. The molecule has 0 amide bonds. The molecule has 3 aromatic rings. The number of rotatable bonds is 5. The first-order chi connectivity index (χ1) is 14.2. The molecule has 2 atom stereocenters. The monoisotopic (exact) mass is 389 g/mol. The number of hydrogen-bond donors (Lipinski definition) is 3. The van der Waals surface area contributed by atoms with Gasteiger partial charge in [-0.3, -0.25) is 9.89 Å². The fraction of sp³-hybridized carbons (Fsp3) is 0.375. The second kappa shape index (κ2) is 9.14. The Kier molecular flexibility index (Phi) is 6.15. The molecule has 1 saturated heterocycles. The smallest absolute Gasteiger partial charge is 0.191 e. The second-order valence-corrected chi connectivity index (χ2v) is 7.98. The standard InChI is InChI=1S/C24H31N5/c1-18-14-21(12-13-29(18)17-19-8-4-3-5-9-19)28-24(25-2)26-16-22-15-20-10-6-7-11-23(20)27-22/h3-11,15,18,21,27H,12-14,16-17H2,1-2H3,(H2,25,26,28). The molecule has 4 rings (SSSR count). The number of fused-ring (bicyclic) bond motifs is 1. The van der Waals surface area contributed by atoms with Crippen LogP contribution in [0.4, 0.5) is 0 Å². The van der Waals surface area contributed by atoms with Crippen LogP contribution in [0.5, 0.6) is 0 Å². The second-order valence-electron chi connectivity index (χ2n) is 7.98. The number of nitrogens with zero attached hydrogens (tertiary/aromatic N) is 2. The van der Waals surface area contributed by atoms with E-state index in [-0.39, 0.29) is 0 Å². The highest BCUT2D eigenvalue weighted by Gasteiger charge is 2.25. The molecule has 0 bridgehead atoms. The quantitative estimate of drug-likeness (QED) is 0.458. The summed E-state index contributed by atoms with van der Waals surface area (Å²) in [6.45, 7) is 5.20. The van der Waals surface area contributed by atoms with Crippen LogP contribution in [-0.4, -0.2) is 41.5 Å². The molecule has 1 aliphatic heterocycles. The summed E-state index contributed by atoms with van der Waals surface area (Å²) in [5.41, 5.74) is 3.73. The number of hydrogen-bond acceptors (Lipinski definition) is 2. The average Bonchev–Trinajstić information content (AvgIpc) is 3.17. The van der Waals surface area contributed by atoms with Crippen LogP contribution in [0, 0.1) is 0 Å². The number of benzene rings is 2. The van der Waals surface area contributed by atoms with Gasteiger partial charge in [0.2, 0.25) is 0 Å². The molecular formula is C24H31N5. The molecule has 2 unspecified atom stereocenters. The lowest BCUT2D eigenvalue weighted by Crippen LogP contribution is -2.51. The normalized spacial score (nSPS) is 20.7. The molecule has 1 aliphatic rings. The lowest BCUT2D eigenvalue weighted by Gasteiger charge is -2.38. The van der Waals surface area contributed by atoms with Gasteiger partial charge in [0.05, 0.1) is 6.54 Å². The highest BCUT2D eigenvalue weighted by Crippen LogP contribution is 2.20. The Hall–Kier alpha value is -2.79. The van der Waals surface area contributed by atoms with Gasteiger partial charge >= 0.3 is 0 Å². The molecule has 1 aromatic heterocycles. The largest absolute Gasteiger partial charge is 0.357 e. The molecule has 0 aliphatic carbocycles. The highest BCUT2D eigenvalue weighted by atomic mass is 15.2. The van der Waals surface area contributed by atoms with E-state index >= 15 is 0 Å². The summed E-state index contributed by atoms with van der Waals surface area (Å²) in [4.78, 5) is 10.5. The first-order valence-corrected chi connectivity index (χ1v) is 10.5. The van der Waals surface area contributed by atoms with Crippen molar-refractivity contribution in [2.45, 2.75) is 44.9 Å². The number of nitrogens with one attached hydrogen (secondary N) is 3. The summed E-state index contributed by atoms with van der Waals surface area (Å²) in [5.74, 6) is 0.873. The van der Waals surface area contributed by atoms with Crippen molar-refractivity contribution in [3.8, 4) is 0 Å². The van der Waals surface area contributed by atoms with Gasteiger partial charge in [0.1, 0.15) is 0 Å². The molecule has 5 heteroatoms. The van der Waals surface area contributed by atoms with Crippen molar-refractivity contribution in [3.05, 3.63) is 71.9 Å². The molecule has 0 spiro atoms. The van der Waals surface area contributed by atoms with E-state index in [2.05, 4.69) is 93.1 Å². The van der Waals surface area contributed by atoms with Gasteiger partial charge < -0.3 is 15.6 Å². The van der Waals surface area contributed by atoms with E-state index in [0.717, 1.165) is 38.4 Å². The Labute approximate surface area is 173 Å². The molecule has 2 aromatic carbocycles. The van der Waals surface area contributed by atoms with Crippen LogP contribution in [0.15, 0.2) is 65.7 Å². The molecule has 5 nitrogen and oxygen atoms in total. The van der Waals surface area contributed by atoms with Crippen LogP contribution in [0.1, 0.15) is 31.0 Å². The first-order valence-electron chi connectivity index (χ1n) is 10.5. The Morgan fingerprint density at radius 3 is 2.69 bits per heavy atom. The van der Waals surface area contributed by atoms with Crippen LogP contribution >= 0.6 is 0 Å². The van der Waals surface area contributed by atoms with Crippen LogP contribution in [-0.2, 0) is 13.1 Å². The van der Waals surface area contributed by atoms with Crippen molar-refractivity contribution in [3.63, 3.8) is 0 Å². The summed E-state index contributed by atoms with van der Waals surface area (Å²) < 4.78 is 0. The van der Waals surface area contributed by atoms with E-state index in [1.165, 1.54) is 22.2 Å². The number of piperidine rings is 1. The van der Waals surface area contributed by atoms with Gasteiger partial charge in [-0.15, -0.1) is 0 Å². The van der Waals surface area contributed by atoms with Gasteiger partial charge in [-0.2, -0.15) is 0 Å². The van der Waals surface area contributed by atoms with Crippen molar-refractivity contribution in [1.82, 2.24) is 20.5 Å². The Bertz CT molecular complexity index is 913. The zero-order valence-corrected chi connectivity index (χ0v) is 17.4. The maximum absolute atomic E-state index is 4.43. The number of aromatic nitrogens is 1. The zero-order valence-electron chi connectivity index (χ0n) is 17.4. The minimum absolute atomic E-state index is 0.450. The van der Waals surface area contributed by atoms with Crippen LogP contribution < -0.4 is 10.6 Å². The molecule has 29 heavy (non-hydrogen) atoms. The van der Waals surface area contributed by atoms with Gasteiger partial charge in [0.15, 0.2) is 5.96 Å². The molecular weight excluding hydrogens is 358 g/mol. The van der Waals surface area contributed by atoms with Gasteiger partial charge in [-0.25, -0.2) is 0 Å². The van der Waals surface area contributed by atoms with Crippen LogP contribution in [0.3, 0.4) is 0 Å². The molecule has 2 heterocycles. The van der Waals surface area contributed by atoms with Crippen LogP contribution in [0.2, 0.25) is 0 Å². The lowest BCUT2D eigenvalue weighted by molar-refractivity contribution is 0.134. The molecule has 1 fully saturated rings.